The summed E-state index contributed by atoms with van der Waals surface area (Å²) in [5.74, 6) is 0. The van der Waals surface area contributed by atoms with Crippen LogP contribution in [0.25, 0.3) is 0 Å². The van der Waals surface area contributed by atoms with Crippen molar-refractivity contribution in [2.45, 2.75) is 50.7 Å². The first-order valence-electron chi connectivity index (χ1n) is 6.36. The van der Waals surface area contributed by atoms with Crippen molar-refractivity contribution in [1.29, 1.82) is 0 Å². The Bertz CT molecular complexity index is 517. The van der Waals surface area contributed by atoms with Crippen LogP contribution in [0.5, 0.6) is 0 Å². The van der Waals surface area contributed by atoms with E-state index < -0.39 is 10.0 Å². The number of rotatable bonds is 7. The van der Waals surface area contributed by atoms with Gasteiger partial charge in [0, 0.05) is 6.04 Å². The molecule has 0 saturated carbocycles. The van der Waals surface area contributed by atoms with Crippen molar-refractivity contribution in [2.75, 3.05) is 0 Å². The summed E-state index contributed by atoms with van der Waals surface area (Å²) >= 11 is 5.94. The molecule has 0 saturated heterocycles. The van der Waals surface area contributed by atoms with Gasteiger partial charge in [-0.3, -0.25) is 0 Å². The van der Waals surface area contributed by atoms with Crippen molar-refractivity contribution in [3.05, 3.63) is 28.8 Å². The fourth-order valence-electron chi connectivity index (χ4n) is 1.83. The first-order chi connectivity index (χ1) is 8.94. The number of aliphatic hydroxyl groups is 1. The van der Waals surface area contributed by atoms with Crippen molar-refractivity contribution >= 4 is 21.6 Å². The Morgan fingerprint density at radius 2 is 2.05 bits per heavy atom. The van der Waals surface area contributed by atoms with Crippen LogP contribution in [-0.4, -0.2) is 19.6 Å². The van der Waals surface area contributed by atoms with Crippen LogP contribution in [0.2, 0.25) is 5.02 Å². The molecule has 1 aromatic carbocycles. The lowest BCUT2D eigenvalue weighted by Gasteiger charge is -2.17. The zero-order chi connectivity index (χ0) is 14.5. The molecule has 1 rings (SSSR count). The van der Waals surface area contributed by atoms with Crippen LogP contribution in [0.1, 0.15) is 38.7 Å². The minimum Gasteiger partial charge on any atom is -0.392 e. The summed E-state index contributed by atoms with van der Waals surface area (Å²) in [7, 11) is -3.65. The molecule has 0 amide bonds. The van der Waals surface area contributed by atoms with Gasteiger partial charge in [-0.2, -0.15) is 0 Å². The SMILES string of the molecule is CCCC(CC)NS(=O)(=O)c1cc(CO)ccc1Cl. The molecule has 0 radical (unpaired) electrons. The molecule has 1 unspecified atom stereocenters. The maximum Gasteiger partial charge on any atom is 0.242 e. The van der Waals surface area contributed by atoms with Crippen molar-refractivity contribution in [3.8, 4) is 0 Å². The van der Waals surface area contributed by atoms with Crippen molar-refractivity contribution < 1.29 is 13.5 Å². The van der Waals surface area contributed by atoms with Crippen LogP contribution >= 0.6 is 11.6 Å². The summed E-state index contributed by atoms with van der Waals surface area (Å²) in [6.45, 7) is 3.73. The van der Waals surface area contributed by atoms with Crippen LogP contribution in [0.15, 0.2) is 23.1 Å². The zero-order valence-corrected chi connectivity index (χ0v) is 12.8. The molecule has 108 valence electrons. The van der Waals surface area contributed by atoms with Gasteiger partial charge in [-0.15, -0.1) is 0 Å². The lowest BCUT2D eigenvalue weighted by molar-refractivity contribution is 0.281. The molecule has 1 atom stereocenters. The van der Waals surface area contributed by atoms with Crippen molar-refractivity contribution in [2.24, 2.45) is 0 Å². The molecule has 0 bridgehead atoms. The highest BCUT2D eigenvalue weighted by molar-refractivity contribution is 7.89. The molecule has 0 spiro atoms. The van der Waals surface area contributed by atoms with Gasteiger partial charge < -0.3 is 5.11 Å². The largest absolute Gasteiger partial charge is 0.392 e. The monoisotopic (exact) mass is 305 g/mol. The Morgan fingerprint density at radius 1 is 1.37 bits per heavy atom. The number of sulfonamides is 1. The van der Waals surface area contributed by atoms with Gasteiger partial charge in [0.25, 0.3) is 0 Å². The molecule has 2 N–H and O–H groups in total. The van der Waals surface area contributed by atoms with E-state index in [4.69, 9.17) is 16.7 Å². The number of hydrogen-bond acceptors (Lipinski definition) is 3. The molecule has 0 heterocycles. The van der Waals surface area contributed by atoms with Crippen molar-refractivity contribution in [1.82, 2.24) is 4.72 Å². The number of halogens is 1. The van der Waals surface area contributed by atoms with E-state index in [2.05, 4.69) is 4.72 Å². The predicted octanol–water partition coefficient (Wildman–Crippen LogP) is 2.69. The van der Waals surface area contributed by atoms with Crippen molar-refractivity contribution in [3.63, 3.8) is 0 Å². The molecule has 0 aromatic heterocycles. The fourth-order valence-corrected chi connectivity index (χ4v) is 3.73. The summed E-state index contributed by atoms with van der Waals surface area (Å²) in [6.07, 6.45) is 2.42. The topological polar surface area (TPSA) is 66.4 Å². The smallest absolute Gasteiger partial charge is 0.242 e. The van der Waals surface area contributed by atoms with Gasteiger partial charge in [0.1, 0.15) is 4.90 Å². The van der Waals surface area contributed by atoms with E-state index in [1.807, 2.05) is 13.8 Å². The standard InChI is InChI=1S/C13H20ClNO3S/c1-3-5-11(4-2)15-19(17,18)13-8-10(9-16)6-7-12(13)14/h6-8,11,15-16H,3-5,9H2,1-2H3. The average molecular weight is 306 g/mol. The second kappa shape index (κ2) is 7.24. The Hall–Kier alpha value is -0.620. The van der Waals surface area contributed by atoms with Crippen LogP contribution in [0, 0.1) is 0 Å². The van der Waals surface area contributed by atoms with Crippen LogP contribution in [0.3, 0.4) is 0 Å². The highest BCUT2D eigenvalue weighted by Gasteiger charge is 2.21. The zero-order valence-electron chi connectivity index (χ0n) is 11.2. The van der Waals surface area contributed by atoms with E-state index in [0.29, 0.717) is 5.56 Å². The van der Waals surface area contributed by atoms with Gasteiger partial charge in [0.2, 0.25) is 10.0 Å². The minimum atomic E-state index is -3.65. The van der Waals surface area contributed by atoms with Crippen LogP contribution in [-0.2, 0) is 16.6 Å². The second-order valence-corrected chi connectivity index (χ2v) is 6.53. The molecule has 0 aliphatic carbocycles. The summed E-state index contributed by atoms with van der Waals surface area (Å²) in [6, 6.07) is 4.40. The van der Waals surface area contributed by atoms with E-state index in [9.17, 15) is 8.42 Å². The van der Waals surface area contributed by atoms with E-state index in [1.54, 1.807) is 6.07 Å². The van der Waals surface area contributed by atoms with E-state index >= 15 is 0 Å². The molecule has 19 heavy (non-hydrogen) atoms. The van der Waals surface area contributed by atoms with Gasteiger partial charge in [-0.05, 0) is 30.5 Å². The van der Waals surface area contributed by atoms with E-state index in [1.165, 1.54) is 12.1 Å². The molecular weight excluding hydrogens is 286 g/mol. The molecule has 1 aromatic rings. The Balaban J connectivity index is 3.05. The van der Waals surface area contributed by atoms with E-state index in [0.717, 1.165) is 19.3 Å². The normalized spacial score (nSPS) is 13.5. The van der Waals surface area contributed by atoms with Crippen LogP contribution in [0.4, 0.5) is 0 Å². The summed E-state index contributed by atoms with van der Waals surface area (Å²) < 4.78 is 27.2. The summed E-state index contributed by atoms with van der Waals surface area (Å²) in [5.41, 5.74) is 0.522. The summed E-state index contributed by atoms with van der Waals surface area (Å²) in [4.78, 5) is 0.0234. The van der Waals surface area contributed by atoms with Gasteiger partial charge in [-0.25, -0.2) is 13.1 Å². The predicted molar refractivity (Wildman–Crippen MR) is 76.7 cm³/mol. The van der Waals surface area contributed by atoms with Gasteiger partial charge >= 0.3 is 0 Å². The van der Waals surface area contributed by atoms with Gasteiger partial charge in [0.15, 0.2) is 0 Å². The number of benzene rings is 1. The maximum absolute atomic E-state index is 12.3. The lowest BCUT2D eigenvalue weighted by atomic mass is 10.1. The number of aliphatic hydroxyl groups excluding tert-OH is 1. The first kappa shape index (κ1) is 16.4. The van der Waals surface area contributed by atoms with Crippen LogP contribution < -0.4 is 4.72 Å². The molecule has 0 aliphatic heterocycles. The number of nitrogens with one attached hydrogen (secondary N) is 1. The third-order valence-corrected chi connectivity index (χ3v) is 4.92. The first-order valence-corrected chi connectivity index (χ1v) is 8.22. The second-order valence-electron chi connectivity index (χ2n) is 4.44. The number of hydrogen-bond donors (Lipinski definition) is 2. The quantitative estimate of drug-likeness (QED) is 0.814. The molecule has 0 aliphatic rings. The van der Waals surface area contributed by atoms with Gasteiger partial charge in [-0.1, -0.05) is 37.9 Å². The maximum atomic E-state index is 12.3. The molecular formula is C13H20ClNO3S. The van der Waals surface area contributed by atoms with Gasteiger partial charge in [0.05, 0.1) is 11.6 Å². The minimum absolute atomic E-state index is 0.0234. The molecule has 6 heteroatoms. The highest BCUT2D eigenvalue weighted by Crippen LogP contribution is 2.23. The third-order valence-electron chi connectivity index (χ3n) is 2.92. The Labute approximate surface area is 119 Å². The fraction of sp³-hybridized carbons (Fsp3) is 0.538. The highest BCUT2D eigenvalue weighted by atomic mass is 35.5. The molecule has 4 nitrogen and oxygen atoms in total. The summed E-state index contributed by atoms with van der Waals surface area (Å²) in [5, 5.41) is 9.24. The lowest BCUT2D eigenvalue weighted by Crippen LogP contribution is -2.34. The Morgan fingerprint density at radius 3 is 2.58 bits per heavy atom. The van der Waals surface area contributed by atoms with E-state index in [-0.39, 0.29) is 22.6 Å². The average Bonchev–Trinajstić information content (AvgIpc) is 2.38. The Kier molecular flexibility index (Phi) is 6.26. The third kappa shape index (κ3) is 4.45. The molecule has 0 fully saturated rings.